The molecule has 1 amide bonds. The first-order chi connectivity index (χ1) is 10.0. The topological polar surface area (TPSA) is 110 Å². The number of hydrogen-bond donors (Lipinski definition) is 3. The molecule has 0 saturated heterocycles. The smallest absolute Gasteiger partial charge is 0.270 e. The fraction of sp³-hybridized carbons (Fsp3) is 0. The fourth-order valence-corrected chi connectivity index (χ4v) is 2.10. The molecule has 2 aromatic carbocycles. The Balaban J connectivity index is 2.17. The lowest BCUT2D eigenvalue weighted by atomic mass is 10.2. The number of nitrogens with zero attached hydrogens (tertiary/aromatic N) is 1. The SMILES string of the molecule is NNc1ccc(C(=O)Nc2ccc([N+](=O)[O-])cc2Br)cc1. The fourth-order valence-electron chi connectivity index (χ4n) is 1.63. The van der Waals surface area contributed by atoms with Crippen molar-refractivity contribution < 1.29 is 9.72 Å². The predicted octanol–water partition coefficient (Wildman–Crippen LogP) is 2.90. The summed E-state index contributed by atoms with van der Waals surface area (Å²) in [5, 5.41) is 13.3. The van der Waals surface area contributed by atoms with Crippen LogP contribution in [0.4, 0.5) is 17.1 Å². The summed E-state index contributed by atoms with van der Waals surface area (Å²) in [4.78, 5) is 22.2. The average Bonchev–Trinajstić information content (AvgIpc) is 2.49. The van der Waals surface area contributed by atoms with Gasteiger partial charge in [0.2, 0.25) is 0 Å². The number of hydrazine groups is 1. The van der Waals surface area contributed by atoms with Crippen LogP contribution >= 0.6 is 15.9 Å². The molecule has 2 rings (SSSR count). The van der Waals surface area contributed by atoms with E-state index in [4.69, 9.17) is 5.84 Å². The van der Waals surface area contributed by atoms with Crippen LogP contribution < -0.4 is 16.6 Å². The van der Waals surface area contributed by atoms with E-state index in [-0.39, 0.29) is 11.6 Å². The van der Waals surface area contributed by atoms with Crippen molar-refractivity contribution in [2.45, 2.75) is 0 Å². The van der Waals surface area contributed by atoms with Gasteiger partial charge in [-0.3, -0.25) is 20.8 Å². The number of nitrogens with one attached hydrogen (secondary N) is 2. The van der Waals surface area contributed by atoms with Gasteiger partial charge in [-0.15, -0.1) is 0 Å². The predicted molar refractivity (Wildman–Crippen MR) is 83.0 cm³/mol. The maximum atomic E-state index is 12.1. The van der Waals surface area contributed by atoms with Gasteiger partial charge < -0.3 is 10.7 Å². The summed E-state index contributed by atoms with van der Waals surface area (Å²) in [5.74, 6) is 4.92. The zero-order chi connectivity index (χ0) is 15.4. The Hall–Kier alpha value is -2.45. The summed E-state index contributed by atoms with van der Waals surface area (Å²) in [5.41, 5.74) is 3.99. The van der Waals surface area contributed by atoms with Crippen LogP contribution in [-0.4, -0.2) is 10.8 Å². The van der Waals surface area contributed by atoms with Crippen LogP contribution in [0, 0.1) is 10.1 Å². The van der Waals surface area contributed by atoms with Gasteiger partial charge in [-0.2, -0.15) is 0 Å². The highest BCUT2D eigenvalue weighted by molar-refractivity contribution is 9.10. The van der Waals surface area contributed by atoms with Crippen LogP contribution in [0.5, 0.6) is 0 Å². The van der Waals surface area contributed by atoms with Gasteiger partial charge in [-0.1, -0.05) is 0 Å². The molecule has 108 valence electrons. The molecule has 0 radical (unpaired) electrons. The molecule has 0 saturated carbocycles. The highest BCUT2D eigenvalue weighted by Crippen LogP contribution is 2.27. The summed E-state index contributed by atoms with van der Waals surface area (Å²) in [6, 6.07) is 10.7. The average molecular weight is 351 g/mol. The second-order valence-corrected chi connectivity index (χ2v) is 4.95. The van der Waals surface area contributed by atoms with Crippen molar-refractivity contribution >= 4 is 38.9 Å². The van der Waals surface area contributed by atoms with E-state index < -0.39 is 4.92 Å². The lowest BCUT2D eigenvalue weighted by Crippen LogP contribution is -2.13. The summed E-state index contributed by atoms with van der Waals surface area (Å²) in [6.07, 6.45) is 0. The third kappa shape index (κ3) is 3.56. The Morgan fingerprint density at radius 1 is 1.19 bits per heavy atom. The monoisotopic (exact) mass is 350 g/mol. The molecular formula is C13H11BrN4O3. The van der Waals surface area contributed by atoms with Crippen LogP contribution in [0.25, 0.3) is 0 Å². The number of hydrogen-bond acceptors (Lipinski definition) is 5. The lowest BCUT2D eigenvalue weighted by molar-refractivity contribution is -0.384. The number of nitrogen functional groups attached to an aromatic ring is 1. The molecule has 8 heteroatoms. The first-order valence-corrected chi connectivity index (χ1v) is 6.62. The van der Waals surface area contributed by atoms with E-state index in [1.165, 1.54) is 18.2 Å². The number of nitrogens with two attached hydrogens (primary N) is 1. The van der Waals surface area contributed by atoms with E-state index in [9.17, 15) is 14.9 Å². The number of nitro groups is 1. The third-order valence-electron chi connectivity index (χ3n) is 2.73. The number of rotatable bonds is 4. The minimum atomic E-state index is -0.505. The summed E-state index contributed by atoms with van der Waals surface area (Å²) >= 11 is 3.19. The molecule has 0 aliphatic rings. The number of benzene rings is 2. The highest BCUT2D eigenvalue weighted by atomic mass is 79.9. The molecule has 0 aliphatic heterocycles. The van der Waals surface area contributed by atoms with Crippen LogP contribution in [0.3, 0.4) is 0 Å². The molecule has 21 heavy (non-hydrogen) atoms. The van der Waals surface area contributed by atoms with Gasteiger partial charge >= 0.3 is 0 Å². The quantitative estimate of drug-likeness (QED) is 0.446. The van der Waals surface area contributed by atoms with Crippen molar-refractivity contribution in [3.8, 4) is 0 Å². The van der Waals surface area contributed by atoms with Crippen LogP contribution in [0.1, 0.15) is 10.4 Å². The van der Waals surface area contributed by atoms with E-state index in [1.54, 1.807) is 24.3 Å². The van der Waals surface area contributed by atoms with Gasteiger partial charge in [-0.25, -0.2) is 0 Å². The Morgan fingerprint density at radius 3 is 2.38 bits per heavy atom. The number of non-ortho nitro benzene ring substituents is 1. The van der Waals surface area contributed by atoms with E-state index in [0.717, 1.165) is 0 Å². The third-order valence-corrected chi connectivity index (χ3v) is 3.38. The van der Waals surface area contributed by atoms with Crippen molar-refractivity contribution in [1.29, 1.82) is 0 Å². The Labute approximate surface area is 128 Å². The van der Waals surface area contributed by atoms with Crippen molar-refractivity contribution in [3.05, 3.63) is 62.6 Å². The molecular weight excluding hydrogens is 340 g/mol. The van der Waals surface area contributed by atoms with Gasteiger partial charge in [0.15, 0.2) is 0 Å². The van der Waals surface area contributed by atoms with Gasteiger partial charge in [0.05, 0.1) is 10.6 Å². The molecule has 4 N–H and O–H groups in total. The summed E-state index contributed by atoms with van der Waals surface area (Å²) in [7, 11) is 0. The van der Waals surface area contributed by atoms with Crippen LogP contribution in [0.2, 0.25) is 0 Å². The van der Waals surface area contributed by atoms with Gasteiger partial charge in [0, 0.05) is 27.9 Å². The largest absolute Gasteiger partial charge is 0.324 e. The van der Waals surface area contributed by atoms with Crippen molar-refractivity contribution in [2.24, 2.45) is 5.84 Å². The van der Waals surface area contributed by atoms with E-state index in [2.05, 4.69) is 26.7 Å². The number of anilines is 2. The van der Waals surface area contributed by atoms with Crippen molar-refractivity contribution in [3.63, 3.8) is 0 Å². The Bertz CT molecular complexity index is 688. The van der Waals surface area contributed by atoms with Gasteiger partial charge in [0.25, 0.3) is 11.6 Å². The molecule has 0 aromatic heterocycles. The Morgan fingerprint density at radius 2 is 1.86 bits per heavy atom. The maximum Gasteiger partial charge on any atom is 0.270 e. The first kappa shape index (κ1) is 14.9. The number of carbonyl (C=O) groups excluding carboxylic acids is 1. The van der Waals surface area contributed by atoms with Gasteiger partial charge in [0.1, 0.15) is 0 Å². The molecule has 0 fully saturated rings. The Kier molecular flexibility index (Phi) is 4.51. The molecule has 2 aromatic rings. The molecule has 7 nitrogen and oxygen atoms in total. The molecule has 0 aliphatic carbocycles. The van der Waals surface area contributed by atoms with Crippen LogP contribution in [-0.2, 0) is 0 Å². The normalized spacial score (nSPS) is 10.0. The highest BCUT2D eigenvalue weighted by Gasteiger charge is 2.12. The molecule has 0 spiro atoms. The van der Waals surface area contributed by atoms with Crippen molar-refractivity contribution in [1.82, 2.24) is 0 Å². The second kappa shape index (κ2) is 6.33. The van der Waals surface area contributed by atoms with E-state index in [1.807, 2.05) is 0 Å². The van der Waals surface area contributed by atoms with Gasteiger partial charge in [-0.05, 0) is 46.3 Å². The standard InChI is InChI=1S/C13H11BrN4O3/c14-11-7-10(18(20)21)5-6-12(11)16-13(19)8-1-3-9(17-15)4-2-8/h1-7,17H,15H2,(H,16,19). The number of nitro benzene ring substituents is 1. The zero-order valence-electron chi connectivity index (χ0n) is 10.7. The number of carbonyl (C=O) groups is 1. The minimum absolute atomic E-state index is 0.0572. The number of amides is 1. The van der Waals surface area contributed by atoms with Crippen molar-refractivity contribution in [2.75, 3.05) is 10.7 Å². The molecule has 0 unspecified atom stereocenters. The lowest BCUT2D eigenvalue weighted by Gasteiger charge is -2.08. The molecule has 0 heterocycles. The summed E-state index contributed by atoms with van der Waals surface area (Å²) < 4.78 is 0.435. The second-order valence-electron chi connectivity index (χ2n) is 4.10. The minimum Gasteiger partial charge on any atom is -0.324 e. The number of halogens is 1. The van der Waals surface area contributed by atoms with E-state index in [0.29, 0.717) is 21.4 Å². The van der Waals surface area contributed by atoms with E-state index >= 15 is 0 Å². The maximum absolute atomic E-state index is 12.1. The molecule has 0 atom stereocenters. The first-order valence-electron chi connectivity index (χ1n) is 5.83. The molecule has 0 bridgehead atoms. The zero-order valence-corrected chi connectivity index (χ0v) is 12.3. The van der Waals surface area contributed by atoms with Crippen LogP contribution in [0.15, 0.2) is 46.9 Å². The summed E-state index contributed by atoms with van der Waals surface area (Å²) in [6.45, 7) is 0.